The van der Waals surface area contributed by atoms with Crippen molar-refractivity contribution in [3.8, 4) is 0 Å². The first kappa shape index (κ1) is 16.8. The molecular weight excluding hydrogens is 314 g/mol. The first-order chi connectivity index (χ1) is 10.4. The normalized spacial score (nSPS) is 12.6. The Morgan fingerprint density at radius 3 is 2.36 bits per heavy atom. The molecule has 1 amide bonds. The van der Waals surface area contributed by atoms with Gasteiger partial charge in [-0.2, -0.15) is 0 Å². The zero-order chi connectivity index (χ0) is 16.3. The van der Waals surface area contributed by atoms with Gasteiger partial charge in [0.1, 0.15) is 10.9 Å². The average Bonchev–Trinajstić information content (AvgIpc) is 2.79. The van der Waals surface area contributed by atoms with Gasteiger partial charge < -0.3 is 10.6 Å². The quantitative estimate of drug-likeness (QED) is 0.824. The Kier molecular flexibility index (Phi) is 5.47. The maximum atomic E-state index is 12.6. The molecule has 0 saturated heterocycles. The molecule has 1 atom stereocenters. The largest absolute Gasteiger partial charge is 0.376 e. The summed E-state index contributed by atoms with van der Waals surface area (Å²) in [5, 5.41) is 6.85. The highest BCUT2D eigenvalue weighted by molar-refractivity contribution is 7.80. The van der Waals surface area contributed by atoms with Crippen LogP contribution in [0.5, 0.6) is 0 Å². The van der Waals surface area contributed by atoms with Crippen LogP contribution in [0.1, 0.15) is 38.6 Å². The molecule has 1 unspecified atom stereocenters. The molecule has 0 radical (unpaired) electrons. The van der Waals surface area contributed by atoms with Crippen molar-refractivity contribution in [3.63, 3.8) is 0 Å². The fourth-order valence-electron chi connectivity index (χ4n) is 2.09. The lowest BCUT2D eigenvalue weighted by atomic mass is 10.1. The van der Waals surface area contributed by atoms with Gasteiger partial charge in [0.25, 0.3) is 0 Å². The Morgan fingerprint density at radius 2 is 1.77 bits per heavy atom. The van der Waals surface area contributed by atoms with Gasteiger partial charge in [-0.25, -0.2) is 4.98 Å². The summed E-state index contributed by atoms with van der Waals surface area (Å²) in [4.78, 5) is 17.7. The van der Waals surface area contributed by atoms with E-state index >= 15 is 0 Å². The molecule has 4 nitrogen and oxygen atoms in total. The van der Waals surface area contributed by atoms with E-state index in [0.717, 1.165) is 15.2 Å². The highest BCUT2D eigenvalue weighted by Crippen LogP contribution is 2.28. The lowest BCUT2D eigenvalue weighted by Crippen LogP contribution is -2.43. The van der Waals surface area contributed by atoms with Crippen molar-refractivity contribution in [2.75, 3.05) is 0 Å². The molecule has 0 bridgehead atoms. The van der Waals surface area contributed by atoms with Gasteiger partial charge in [0.2, 0.25) is 5.91 Å². The Bertz CT molecular complexity index is 624. The maximum Gasteiger partial charge on any atom is 0.237 e. The van der Waals surface area contributed by atoms with Crippen molar-refractivity contribution in [1.82, 2.24) is 15.6 Å². The monoisotopic (exact) mass is 335 g/mol. The summed E-state index contributed by atoms with van der Waals surface area (Å²) >= 11 is 6.98. The summed E-state index contributed by atoms with van der Waals surface area (Å²) in [6, 6.07) is 8.11. The van der Waals surface area contributed by atoms with Crippen molar-refractivity contribution in [1.29, 1.82) is 0 Å². The van der Waals surface area contributed by atoms with Gasteiger partial charge in [-0.05, 0) is 39.8 Å². The third-order valence-electron chi connectivity index (χ3n) is 2.94. The fraction of sp³-hybridized carbons (Fsp3) is 0.438. The number of benzene rings is 1. The van der Waals surface area contributed by atoms with E-state index in [9.17, 15) is 4.79 Å². The molecule has 0 fully saturated rings. The molecule has 1 heterocycles. The minimum absolute atomic E-state index is 0.0613. The topological polar surface area (TPSA) is 54.0 Å². The number of amides is 1. The van der Waals surface area contributed by atoms with Gasteiger partial charge in [0.05, 0.1) is 15.2 Å². The molecule has 1 aromatic carbocycles. The number of thiocarbonyl (C=S) groups is 1. The number of aromatic nitrogens is 1. The molecule has 118 valence electrons. The van der Waals surface area contributed by atoms with Crippen LogP contribution in [-0.2, 0) is 4.79 Å². The predicted molar refractivity (Wildman–Crippen MR) is 96.5 cm³/mol. The second kappa shape index (κ2) is 7.15. The van der Waals surface area contributed by atoms with Crippen LogP contribution >= 0.6 is 23.6 Å². The van der Waals surface area contributed by atoms with E-state index in [1.54, 1.807) is 0 Å². The molecule has 1 aromatic heterocycles. The molecule has 2 aromatic rings. The number of hydrogen-bond acceptors (Lipinski definition) is 4. The Hall–Kier alpha value is -1.53. The van der Waals surface area contributed by atoms with Gasteiger partial charge in [-0.1, -0.05) is 24.4 Å². The smallest absolute Gasteiger partial charge is 0.237 e. The lowest BCUT2D eigenvalue weighted by Gasteiger charge is -2.20. The zero-order valence-electron chi connectivity index (χ0n) is 13.2. The van der Waals surface area contributed by atoms with Crippen LogP contribution in [0.4, 0.5) is 0 Å². The van der Waals surface area contributed by atoms with Crippen LogP contribution < -0.4 is 10.6 Å². The number of nitrogens with zero attached hydrogens (tertiary/aromatic N) is 1. The van der Waals surface area contributed by atoms with E-state index in [4.69, 9.17) is 12.2 Å². The first-order valence-electron chi connectivity index (χ1n) is 7.34. The van der Waals surface area contributed by atoms with Gasteiger partial charge in [0, 0.05) is 12.1 Å². The highest BCUT2D eigenvalue weighted by atomic mass is 32.1. The summed E-state index contributed by atoms with van der Waals surface area (Å²) < 4.78 is 1.06. The lowest BCUT2D eigenvalue weighted by molar-refractivity contribution is -0.121. The number of carbonyl (C=O) groups excluding carboxylic acids is 1. The van der Waals surface area contributed by atoms with Gasteiger partial charge in [-0.3, -0.25) is 4.79 Å². The molecule has 6 heteroatoms. The summed E-state index contributed by atoms with van der Waals surface area (Å²) in [7, 11) is 0. The van der Waals surface area contributed by atoms with Gasteiger partial charge >= 0.3 is 0 Å². The highest BCUT2D eigenvalue weighted by Gasteiger charge is 2.29. The molecule has 0 aliphatic carbocycles. The second-order valence-electron chi connectivity index (χ2n) is 5.78. The van der Waals surface area contributed by atoms with Crippen LogP contribution in [0, 0.1) is 0 Å². The Morgan fingerprint density at radius 1 is 1.14 bits per heavy atom. The number of hydrogen-bond donors (Lipinski definition) is 2. The number of fused-ring (bicyclic) bond motifs is 1. The van der Waals surface area contributed by atoms with Crippen LogP contribution in [0.2, 0.25) is 0 Å². The van der Waals surface area contributed by atoms with Crippen LogP contribution in [0.3, 0.4) is 0 Å². The molecule has 0 saturated carbocycles. The van der Waals surface area contributed by atoms with Crippen molar-refractivity contribution < 1.29 is 4.79 Å². The minimum atomic E-state index is -0.544. The SMILES string of the molecule is CC(C)NC(=O)C(C(=S)NC(C)C)c1nc2ccccc2s1. The number of thiazole rings is 1. The van der Waals surface area contributed by atoms with Gasteiger partial charge in [-0.15, -0.1) is 11.3 Å². The number of nitrogens with one attached hydrogen (secondary N) is 2. The number of para-hydroxylation sites is 1. The molecule has 0 aliphatic heterocycles. The minimum Gasteiger partial charge on any atom is -0.376 e. The van der Waals surface area contributed by atoms with Crippen molar-refractivity contribution in [2.45, 2.75) is 45.7 Å². The zero-order valence-corrected chi connectivity index (χ0v) is 14.8. The third-order valence-corrected chi connectivity index (χ3v) is 4.40. The molecule has 0 spiro atoms. The third kappa shape index (κ3) is 4.01. The van der Waals surface area contributed by atoms with E-state index in [-0.39, 0.29) is 18.0 Å². The Balaban J connectivity index is 2.38. The summed E-state index contributed by atoms with van der Waals surface area (Å²) in [5.41, 5.74) is 0.900. The first-order valence-corrected chi connectivity index (χ1v) is 8.57. The second-order valence-corrected chi connectivity index (χ2v) is 7.28. The Labute approximate surface area is 140 Å². The van der Waals surface area contributed by atoms with E-state index in [0.29, 0.717) is 4.99 Å². The summed E-state index contributed by atoms with van der Waals surface area (Å²) in [5.74, 6) is -0.649. The molecular formula is C16H21N3OS2. The predicted octanol–water partition coefficient (Wildman–Crippen LogP) is 3.23. The van der Waals surface area contributed by atoms with E-state index in [1.807, 2.05) is 52.0 Å². The molecule has 2 rings (SSSR count). The molecule has 0 aliphatic rings. The van der Waals surface area contributed by atoms with Crippen LogP contribution in [0.25, 0.3) is 10.2 Å². The fourth-order valence-corrected chi connectivity index (χ4v) is 3.70. The van der Waals surface area contributed by atoms with Crippen molar-refractivity contribution >= 4 is 44.7 Å². The van der Waals surface area contributed by atoms with Crippen molar-refractivity contribution in [2.24, 2.45) is 0 Å². The van der Waals surface area contributed by atoms with Crippen molar-refractivity contribution in [3.05, 3.63) is 29.3 Å². The van der Waals surface area contributed by atoms with Crippen LogP contribution in [0.15, 0.2) is 24.3 Å². The van der Waals surface area contributed by atoms with E-state index < -0.39 is 5.92 Å². The number of rotatable bonds is 5. The van der Waals surface area contributed by atoms with E-state index in [2.05, 4.69) is 15.6 Å². The van der Waals surface area contributed by atoms with Crippen LogP contribution in [-0.4, -0.2) is 28.0 Å². The summed E-state index contributed by atoms with van der Waals surface area (Å²) in [6.45, 7) is 7.88. The average molecular weight is 335 g/mol. The van der Waals surface area contributed by atoms with Gasteiger partial charge in [0.15, 0.2) is 0 Å². The maximum absolute atomic E-state index is 12.6. The standard InChI is InChI=1S/C16H21N3OS2/c1-9(2)17-14(20)13(15(21)18-10(3)4)16-19-11-7-5-6-8-12(11)22-16/h5-10,13H,1-4H3,(H,17,20)(H,18,21). The van der Waals surface area contributed by atoms with E-state index in [1.165, 1.54) is 11.3 Å². The molecule has 2 N–H and O–H groups in total. The number of carbonyl (C=O) groups is 1. The summed E-state index contributed by atoms with van der Waals surface area (Å²) in [6.07, 6.45) is 0. The molecule has 22 heavy (non-hydrogen) atoms.